The van der Waals surface area contributed by atoms with Crippen LogP contribution >= 0.6 is 34.8 Å². The van der Waals surface area contributed by atoms with E-state index < -0.39 is 0 Å². The molecule has 1 heterocycles. The summed E-state index contributed by atoms with van der Waals surface area (Å²) in [4.78, 5) is 15.0. The second-order valence-corrected chi connectivity index (χ2v) is 3.52. The summed E-state index contributed by atoms with van der Waals surface area (Å²) in [6, 6.07) is 1.40. The molecule has 0 spiro atoms. The molecule has 0 radical (unpaired) electrons. The summed E-state index contributed by atoms with van der Waals surface area (Å²) < 4.78 is 0. The molecule has 0 bridgehead atoms. The second kappa shape index (κ2) is 4.27. The number of Topliss-reactive ketones (excluding diaryl/α,β-unsaturated/α-hetero) is 1. The standard InChI is InChI=1S/C8H6Cl3NO/c1-2-5(13)7-4(9)3-6(10)12-8(7)11/h3H,2H2,1H3. The van der Waals surface area contributed by atoms with Crippen LogP contribution < -0.4 is 0 Å². The zero-order valence-corrected chi connectivity index (χ0v) is 9.04. The molecular formula is C8H6Cl3NO. The van der Waals surface area contributed by atoms with Crippen LogP contribution in [0.2, 0.25) is 15.3 Å². The average Bonchev–Trinajstić information content (AvgIpc) is 2.02. The Hall–Kier alpha value is -0.310. The van der Waals surface area contributed by atoms with Gasteiger partial charge < -0.3 is 0 Å². The van der Waals surface area contributed by atoms with Gasteiger partial charge in [-0.05, 0) is 6.07 Å². The van der Waals surface area contributed by atoms with E-state index in [-0.39, 0.29) is 26.7 Å². The summed E-state index contributed by atoms with van der Waals surface area (Å²) in [6.07, 6.45) is 0.336. The van der Waals surface area contributed by atoms with E-state index >= 15 is 0 Å². The molecule has 0 N–H and O–H groups in total. The third kappa shape index (κ3) is 2.33. The van der Waals surface area contributed by atoms with E-state index in [4.69, 9.17) is 34.8 Å². The molecule has 1 aromatic heterocycles. The van der Waals surface area contributed by atoms with Gasteiger partial charge in [0, 0.05) is 6.42 Å². The van der Waals surface area contributed by atoms with Gasteiger partial charge in [-0.2, -0.15) is 0 Å². The summed E-state index contributed by atoms with van der Waals surface area (Å²) in [5, 5.41) is 0.490. The Morgan fingerprint density at radius 1 is 1.46 bits per heavy atom. The van der Waals surface area contributed by atoms with Crippen molar-refractivity contribution in [2.75, 3.05) is 0 Å². The quantitative estimate of drug-likeness (QED) is 0.582. The molecule has 0 aromatic carbocycles. The number of hydrogen-bond acceptors (Lipinski definition) is 2. The Balaban J connectivity index is 3.28. The van der Waals surface area contributed by atoms with Crippen molar-refractivity contribution < 1.29 is 4.79 Å². The van der Waals surface area contributed by atoms with Gasteiger partial charge in [0.15, 0.2) is 5.78 Å². The maximum absolute atomic E-state index is 11.3. The molecule has 0 atom stereocenters. The van der Waals surface area contributed by atoms with Crippen LogP contribution in [-0.4, -0.2) is 10.8 Å². The van der Waals surface area contributed by atoms with Crippen molar-refractivity contribution >= 4 is 40.6 Å². The number of rotatable bonds is 2. The molecule has 70 valence electrons. The highest BCUT2D eigenvalue weighted by atomic mass is 35.5. The first-order valence-electron chi connectivity index (χ1n) is 3.61. The van der Waals surface area contributed by atoms with Gasteiger partial charge in [-0.1, -0.05) is 41.7 Å². The topological polar surface area (TPSA) is 30.0 Å². The molecule has 1 rings (SSSR count). The molecule has 13 heavy (non-hydrogen) atoms. The number of halogens is 3. The van der Waals surface area contributed by atoms with Crippen molar-refractivity contribution in [3.63, 3.8) is 0 Å². The molecule has 0 saturated carbocycles. The third-order valence-corrected chi connectivity index (χ3v) is 2.26. The Labute approximate surface area is 90.8 Å². The van der Waals surface area contributed by atoms with Crippen LogP contribution in [0, 0.1) is 0 Å². The minimum atomic E-state index is -0.140. The van der Waals surface area contributed by atoms with E-state index in [1.807, 2.05) is 0 Å². The number of hydrogen-bond donors (Lipinski definition) is 0. The molecule has 0 amide bonds. The van der Waals surface area contributed by atoms with Crippen LogP contribution in [-0.2, 0) is 0 Å². The van der Waals surface area contributed by atoms with Crippen LogP contribution in [0.4, 0.5) is 0 Å². The first-order chi connectivity index (χ1) is 6.06. The molecule has 0 aliphatic rings. The van der Waals surface area contributed by atoms with Gasteiger partial charge in [0.2, 0.25) is 0 Å². The molecule has 0 saturated heterocycles. The number of nitrogens with zero attached hydrogens (tertiary/aromatic N) is 1. The van der Waals surface area contributed by atoms with E-state index in [0.717, 1.165) is 0 Å². The minimum Gasteiger partial charge on any atom is -0.294 e. The van der Waals surface area contributed by atoms with Gasteiger partial charge in [-0.25, -0.2) is 4.98 Å². The number of pyridine rings is 1. The smallest absolute Gasteiger partial charge is 0.167 e. The summed E-state index contributed by atoms with van der Waals surface area (Å²) in [6.45, 7) is 1.73. The van der Waals surface area contributed by atoms with Gasteiger partial charge in [0.1, 0.15) is 10.3 Å². The highest BCUT2D eigenvalue weighted by Gasteiger charge is 2.14. The number of aromatic nitrogens is 1. The van der Waals surface area contributed by atoms with Crippen LogP contribution in [0.3, 0.4) is 0 Å². The fourth-order valence-corrected chi connectivity index (χ4v) is 1.82. The average molecular weight is 239 g/mol. The van der Waals surface area contributed by atoms with Crippen LogP contribution in [0.5, 0.6) is 0 Å². The Kier molecular flexibility index (Phi) is 3.54. The van der Waals surface area contributed by atoms with Gasteiger partial charge in [0.05, 0.1) is 10.6 Å². The van der Waals surface area contributed by atoms with Crippen molar-refractivity contribution in [1.82, 2.24) is 4.98 Å². The third-order valence-electron chi connectivity index (χ3n) is 1.50. The Morgan fingerprint density at radius 2 is 2.08 bits per heavy atom. The number of ketones is 1. The van der Waals surface area contributed by atoms with Crippen molar-refractivity contribution in [2.24, 2.45) is 0 Å². The van der Waals surface area contributed by atoms with Gasteiger partial charge in [-0.3, -0.25) is 4.79 Å². The predicted octanol–water partition coefficient (Wildman–Crippen LogP) is 3.63. The van der Waals surface area contributed by atoms with Crippen LogP contribution in [0.25, 0.3) is 0 Å². The zero-order chi connectivity index (χ0) is 10.0. The van der Waals surface area contributed by atoms with Gasteiger partial charge in [-0.15, -0.1) is 0 Å². The summed E-state index contributed by atoms with van der Waals surface area (Å²) >= 11 is 17.1. The van der Waals surface area contributed by atoms with Crippen molar-refractivity contribution in [2.45, 2.75) is 13.3 Å². The maximum Gasteiger partial charge on any atom is 0.167 e. The van der Waals surface area contributed by atoms with E-state index in [0.29, 0.717) is 6.42 Å². The number of carbonyl (C=O) groups is 1. The fraction of sp³-hybridized carbons (Fsp3) is 0.250. The lowest BCUT2D eigenvalue weighted by Gasteiger charge is -2.03. The van der Waals surface area contributed by atoms with Crippen LogP contribution in [0.15, 0.2) is 6.07 Å². The maximum atomic E-state index is 11.3. The first kappa shape index (κ1) is 10.8. The van der Waals surface area contributed by atoms with E-state index in [2.05, 4.69) is 4.98 Å². The summed E-state index contributed by atoms with van der Waals surface area (Å²) in [5.74, 6) is -0.140. The zero-order valence-electron chi connectivity index (χ0n) is 6.77. The predicted molar refractivity (Wildman–Crippen MR) is 53.9 cm³/mol. The van der Waals surface area contributed by atoms with Crippen LogP contribution in [0.1, 0.15) is 23.7 Å². The molecule has 0 unspecified atom stereocenters. The summed E-state index contributed by atoms with van der Waals surface area (Å²) in [7, 11) is 0. The van der Waals surface area contributed by atoms with E-state index in [1.54, 1.807) is 6.92 Å². The molecule has 5 heteroatoms. The Morgan fingerprint density at radius 3 is 2.54 bits per heavy atom. The molecule has 2 nitrogen and oxygen atoms in total. The molecular weight excluding hydrogens is 232 g/mol. The fourth-order valence-electron chi connectivity index (χ4n) is 0.882. The summed E-state index contributed by atoms with van der Waals surface area (Å²) in [5.41, 5.74) is 0.246. The normalized spacial score (nSPS) is 10.2. The van der Waals surface area contributed by atoms with Crippen molar-refractivity contribution in [3.05, 3.63) is 27.0 Å². The van der Waals surface area contributed by atoms with E-state index in [9.17, 15) is 4.79 Å². The lowest BCUT2D eigenvalue weighted by atomic mass is 10.1. The number of carbonyl (C=O) groups excluding carboxylic acids is 1. The molecule has 0 fully saturated rings. The second-order valence-electron chi connectivity index (χ2n) is 2.37. The van der Waals surface area contributed by atoms with Gasteiger partial charge in [0.25, 0.3) is 0 Å². The monoisotopic (exact) mass is 237 g/mol. The lowest BCUT2D eigenvalue weighted by molar-refractivity contribution is 0.0988. The SMILES string of the molecule is CCC(=O)c1c(Cl)cc(Cl)nc1Cl. The lowest BCUT2D eigenvalue weighted by Crippen LogP contribution is -2.00. The molecule has 0 aliphatic heterocycles. The van der Waals surface area contributed by atoms with Crippen molar-refractivity contribution in [3.8, 4) is 0 Å². The van der Waals surface area contributed by atoms with E-state index in [1.165, 1.54) is 6.07 Å². The molecule has 1 aromatic rings. The Bertz CT molecular complexity index is 328. The largest absolute Gasteiger partial charge is 0.294 e. The minimum absolute atomic E-state index is 0.0596. The highest BCUT2D eigenvalue weighted by Crippen LogP contribution is 2.26. The van der Waals surface area contributed by atoms with Crippen molar-refractivity contribution in [1.29, 1.82) is 0 Å². The van der Waals surface area contributed by atoms with Gasteiger partial charge >= 0.3 is 0 Å². The molecule has 0 aliphatic carbocycles. The first-order valence-corrected chi connectivity index (χ1v) is 4.74. The highest BCUT2D eigenvalue weighted by molar-refractivity contribution is 6.40.